The van der Waals surface area contributed by atoms with Crippen molar-refractivity contribution >= 4 is 51.4 Å². The number of fused-ring (bicyclic) bond motifs is 1. The molecule has 0 fully saturated rings. The third kappa shape index (κ3) is 4.90. The number of hydrogen-bond donors (Lipinski definition) is 1. The van der Waals surface area contributed by atoms with Crippen molar-refractivity contribution in [2.45, 2.75) is 17.6 Å². The van der Waals surface area contributed by atoms with E-state index in [-0.39, 0.29) is 5.82 Å². The van der Waals surface area contributed by atoms with E-state index in [2.05, 4.69) is 9.88 Å². The third-order valence-electron chi connectivity index (χ3n) is 5.67. The van der Waals surface area contributed by atoms with E-state index < -0.39 is 0 Å². The van der Waals surface area contributed by atoms with E-state index in [0.29, 0.717) is 6.54 Å². The number of rotatable bonds is 9. The van der Waals surface area contributed by atoms with Crippen molar-refractivity contribution in [2.24, 2.45) is 12.2 Å². The highest BCUT2D eigenvalue weighted by molar-refractivity contribution is 7.99. The van der Waals surface area contributed by atoms with Crippen LogP contribution in [0.25, 0.3) is 22.0 Å². The zero-order chi connectivity index (χ0) is 23.5. The lowest BCUT2D eigenvalue weighted by atomic mass is 10.0. The lowest BCUT2D eigenvalue weighted by Crippen LogP contribution is -2.27. The summed E-state index contributed by atoms with van der Waals surface area (Å²) in [5, 5.41) is 7.59. The molecule has 33 heavy (non-hydrogen) atoms. The molecule has 0 aliphatic rings. The van der Waals surface area contributed by atoms with Gasteiger partial charge in [0.2, 0.25) is 6.41 Å². The van der Waals surface area contributed by atoms with E-state index >= 15 is 0 Å². The van der Waals surface area contributed by atoms with Crippen LogP contribution >= 0.6 is 23.3 Å². The molecule has 0 saturated heterocycles. The number of aromatic nitrogens is 2. The number of hydrogen-bond acceptors (Lipinski definition) is 6. The summed E-state index contributed by atoms with van der Waals surface area (Å²) in [4.78, 5) is 20.1. The molecule has 0 radical (unpaired) electrons. The number of thiazole rings is 1. The molecule has 0 unspecified atom stereocenters. The fraction of sp³-hybridized carbons (Fsp3) is 0.250. The fourth-order valence-electron chi connectivity index (χ4n) is 3.87. The Balaban J connectivity index is 1.44. The quantitative estimate of drug-likeness (QED) is 0.262. The molecule has 2 aromatic heterocycles. The standard InChI is InChI=1S/C24H26FN5OS2/c1-16-23(33-26)32-24(27-16)29(3)10-4-11-30(15-31)19-7-5-17(6-8-19)21-13-18(25)14-22-20(21)9-12-28(22)2/h5-9,12-15H,4,10-11,26H2,1-3H3. The number of nitrogens with two attached hydrogens (primary N) is 1. The van der Waals surface area contributed by atoms with E-state index in [1.54, 1.807) is 28.4 Å². The Labute approximate surface area is 201 Å². The van der Waals surface area contributed by atoms with Crippen LogP contribution in [-0.2, 0) is 11.8 Å². The van der Waals surface area contributed by atoms with E-state index in [1.807, 2.05) is 62.1 Å². The molecule has 172 valence electrons. The van der Waals surface area contributed by atoms with Crippen molar-refractivity contribution in [3.8, 4) is 11.1 Å². The minimum Gasteiger partial charge on any atom is -0.351 e. The minimum atomic E-state index is -0.269. The first kappa shape index (κ1) is 23.3. The first-order valence-electron chi connectivity index (χ1n) is 10.5. The molecule has 0 aliphatic carbocycles. The van der Waals surface area contributed by atoms with Gasteiger partial charge in [-0.2, -0.15) is 0 Å². The predicted molar refractivity (Wildman–Crippen MR) is 137 cm³/mol. The van der Waals surface area contributed by atoms with Gasteiger partial charge in [-0.1, -0.05) is 23.5 Å². The van der Waals surface area contributed by atoms with Gasteiger partial charge in [0.15, 0.2) is 5.13 Å². The van der Waals surface area contributed by atoms with E-state index in [0.717, 1.165) is 62.1 Å². The third-order valence-corrected chi connectivity index (χ3v) is 7.79. The smallest absolute Gasteiger partial charge is 0.214 e. The molecule has 6 nitrogen and oxygen atoms in total. The number of benzene rings is 2. The Hall–Kier alpha value is -2.88. The van der Waals surface area contributed by atoms with Crippen LogP contribution in [0.15, 0.2) is 52.9 Å². The lowest BCUT2D eigenvalue weighted by Gasteiger charge is -2.21. The van der Waals surface area contributed by atoms with Crippen LogP contribution < -0.4 is 14.9 Å². The Morgan fingerprint density at radius 1 is 1.21 bits per heavy atom. The van der Waals surface area contributed by atoms with Gasteiger partial charge >= 0.3 is 0 Å². The molecule has 0 spiro atoms. The van der Waals surface area contributed by atoms with Gasteiger partial charge in [-0.15, -0.1) is 0 Å². The van der Waals surface area contributed by atoms with Crippen molar-refractivity contribution < 1.29 is 9.18 Å². The van der Waals surface area contributed by atoms with Crippen LogP contribution in [0.5, 0.6) is 0 Å². The van der Waals surface area contributed by atoms with Gasteiger partial charge in [0.1, 0.15) is 5.82 Å². The highest BCUT2D eigenvalue weighted by Crippen LogP contribution is 2.32. The second kappa shape index (κ2) is 9.94. The molecule has 4 rings (SSSR count). The van der Waals surface area contributed by atoms with Gasteiger partial charge in [-0.3, -0.25) is 9.93 Å². The van der Waals surface area contributed by atoms with Crippen LogP contribution in [0.2, 0.25) is 0 Å². The van der Waals surface area contributed by atoms with Gasteiger partial charge in [-0.25, -0.2) is 9.37 Å². The molecule has 0 saturated carbocycles. The zero-order valence-corrected chi connectivity index (χ0v) is 20.4. The molecule has 2 aromatic carbocycles. The SMILES string of the molecule is Cc1nc(N(C)CCCN(C=O)c2ccc(-c3cc(F)cc4c3ccn4C)cc2)sc1SN. The van der Waals surface area contributed by atoms with Gasteiger partial charge in [-0.05, 0) is 66.8 Å². The van der Waals surface area contributed by atoms with Crippen LogP contribution in [0.3, 0.4) is 0 Å². The van der Waals surface area contributed by atoms with Gasteiger partial charge < -0.3 is 14.4 Å². The largest absolute Gasteiger partial charge is 0.351 e. The summed E-state index contributed by atoms with van der Waals surface area (Å²) < 4.78 is 17.1. The Bertz CT molecular complexity index is 1270. The maximum Gasteiger partial charge on any atom is 0.214 e. The lowest BCUT2D eigenvalue weighted by molar-refractivity contribution is -0.107. The maximum absolute atomic E-state index is 14.2. The summed E-state index contributed by atoms with van der Waals surface area (Å²) in [7, 11) is 3.90. The van der Waals surface area contributed by atoms with Gasteiger partial charge in [0, 0.05) is 44.5 Å². The maximum atomic E-state index is 14.2. The number of anilines is 2. The summed E-state index contributed by atoms with van der Waals surface area (Å²) in [6, 6.07) is 12.8. The van der Waals surface area contributed by atoms with Crippen LogP contribution in [0, 0.1) is 12.7 Å². The molecular formula is C24H26FN5OS2. The Morgan fingerprint density at radius 3 is 2.64 bits per heavy atom. The summed E-state index contributed by atoms with van der Waals surface area (Å²) in [5.41, 5.74) is 4.34. The van der Waals surface area contributed by atoms with E-state index in [1.165, 1.54) is 11.9 Å². The number of carbonyl (C=O) groups is 1. The average molecular weight is 484 g/mol. The van der Waals surface area contributed by atoms with Crippen molar-refractivity contribution in [3.63, 3.8) is 0 Å². The first-order chi connectivity index (χ1) is 15.9. The fourth-order valence-corrected chi connectivity index (χ4v) is 5.29. The highest BCUT2D eigenvalue weighted by Gasteiger charge is 2.13. The second-order valence-electron chi connectivity index (χ2n) is 7.92. The molecule has 2 heterocycles. The number of carbonyl (C=O) groups excluding carboxylic acids is 1. The van der Waals surface area contributed by atoms with Crippen LogP contribution in [0.4, 0.5) is 15.2 Å². The van der Waals surface area contributed by atoms with E-state index in [9.17, 15) is 9.18 Å². The molecule has 0 atom stereocenters. The molecule has 9 heteroatoms. The Morgan fingerprint density at radius 2 is 1.97 bits per heavy atom. The summed E-state index contributed by atoms with van der Waals surface area (Å²) in [6.45, 7) is 3.30. The molecule has 0 bridgehead atoms. The molecular weight excluding hydrogens is 457 g/mol. The Kier molecular flexibility index (Phi) is 7.02. The zero-order valence-electron chi connectivity index (χ0n) is 18.8. The van der Waals surface area contributed by atoms with Crippen LogP contribution in [-0.4, -0.2) is 36.1 Å². The van der Waals surface area contributed by atoms with Gasteiger partial charge in [0.05, 0.1) is 15.4 Å². The van der Waals surface area contributed by atoms with Crippen molar-refractivity contribution in [3.05, 3.63) is 60.2 Å². The topological polar surface area (TPSA) is 67.4 Å². The normalized spacial score (nSPS) is 11.2. The number of halogens is 1. The molecule has 1 amide bonds. The van der Waals surface area contributed by atoms with Crippen molar-refractivity contribution in [2.75, 3.05) is 29.9 Å². The van der Waals surface area contributed by atoms with Crippen molar-refractivity contribution in [1.29, 1.82) is 0 Å². The average Bonchev–Trinajstić information content (AvgIpc) is 3.38. The molecule has 2 N–H and O–H groups in total. The number of nitrogens with zero attached hydrogens (tertiary/aromatic N) is 4. The minimum absolute atomic E-state index is 0.269. The van der Waals surface area contributed by atoms with Gasteiger partial charge in [0.25, 0.3) is 0 Å². The number of amides is 1. The summed E-state index contributed by atoms with van der Waals surface area (Å²) in [5.74, 6) is -0.269. The van der Waals surface area contributed by atoms with E-state index in [4.69, 9.17) is 5.14 Å². The summed E-state index contributed by atoms with van der Waals surface area (Å²) >= 11 is 2.79. The van der Waals surface area contributed by atoms with Crippen LogP contribution in [0.1, 0.15) is 12.1 Å². The predicted octanol–water partition coefficient (Wildman–Crippen LogP) is 5.20. The summed E-state index contributed by atoms with van der Waals surface area (Å²) in [6.07, 6.45) is 3.56. The monoisotopic (exact) mass is 483 g/mol. The second-order valence-corrected chi connectivity index (χ2v) is 9.80. The highest BCUT2D eigenvalue weighted by atomic mass is 32.2. The number of aryl methyl sites for hydroxylation is 2. The molecule has 4 aromatic rings. The molecule has 0 aliphatic heterocycles. The first-order valence-corrected chi connectivity index (χ1v) is 12.2. The van der Waals surface area contributed by atoms with Crippen molar-refractivity contribution in [1.82, 2.24) is 9.55 Å².